The van der Waals surface area contributed by atoms with Crippen molar-refractivity contribution in [2.75, 3.05) is 11.9 Å². The number of anilines is 1. The molecule has 0 bridgehead atoms. The molecular weight excluding hydrogens is 331 g/mol. The maximum absolute atomic E-state index is 13.0. The molecule has 20 heavy (non-hydrogen) atoms. The van der Waals surface area contributed by atoms with E-state index in [1.807, 2.05) is 0 Å². The van der Waals surface area contributed by atoms with Crippen LogP contribution in [0, 0.1) is 11.7 Å². The van der Waals surface area contributed by atoms with Crippen LogP contribution in [0.25, 0.3) is 0 Å². The molecule has 1 heterocycles. The average molecular weight is 345 g/mol. The lowest BCUT2D eigenvalue weighted by Crippen LogP contribution is -2.40. The molecule has 1 saturated heterocycles. The topological polar surface area (TPSA) is 69.6 Å². The SMILES string of the molecule is CC1C(C(=O)O)CCN1C(=O)Nc1ccc(F)cc1Br. The average Bonchev–Trinajstić information content (AvgIpc) is 2.74. The second kappa shape index (κ2) is 5.78. The first kappa shape index (κ1) is 14.8. The smallest absolute Gasteiger partial charge is 0.322 e. The zero-order valence-corrected chi connectivity index (χ0v) is 12.4. The number of carboxylic acids is 1. The van der Waals surface area contributed by atoms with E-state index in [9.17, 15) is 14.0 Å². The molecule has 1 aliphatic rings. The number of hydrogen-bond acceptors (Lipinski definition) is 2. The maximum Gasteiger partial charge on any atom is 0.322 e. The molecule has 0 spiro atoms. The number of hydrogen-bond donors (Lipinski definition) is 2. The van der Waals surface area contributed by atoms with Gasteiger partial charge in [0, 0.05) is 17.1 Å². The van der Waals surface area contributed by atoms with Crippen LogP contribution in [0.5, 0.6) is 0 Å². The largest absolute Gasteiger partial charge is 0.481 e. The Morgan fingerprint density at radius 1 is 1.50 bits per heavy atom. The third-order valence-electron chi connectivity index (χ3n) is 3.51. The van der Waals surface area contributed by atoms with Gasteiger partial charge >= 0.3 is 12.0 Å². The Morgan fingerprint density at radius 3 is 2.75 bits per heavy atom. The highest BCUT2D eigenvalue weighted by atomic mass is 79.9. The van der Waals surface area contributed by atoms with Crippen molar-refractivity contribution in [3.63, 3.8) is 0 Å². The monoisotopic (exact) mass is 344 g/mol. The highest BCUT2D eigenvalue weighted by Gasteiger charge is 2.38. The van der Waals surface area contributed by atoms with E-state index in [0.717, 1.165) is 0 Å². The fourth-order valence-electron chi connectivity index (χ4n) is 2.33. The summed E-state index contributed by atoms with van der Waals surface area (Å²) in [5.41, 5.74) is 0.447. The van der Waals surface area contributed by atoms with Crippen molar-refractivity contribution in [1.29, 1.82) is 0 Å². The number of aliphatic carboxylic acids is 1. The van der Waals surface area contributed by atoms with Gasteiger partial charge in [-0.3, -0.25) is 4.79 Å². The molecular formula is C13H14BrFN2O3. The van der Waals surface area contributed by atoms with Crippen LogP contribution in [-0.4, -0.2) is 34.6 Å². The van der Waals surface area contributed by atoms with Crippen LogP contribution >= 0.6 is 15.9 Å². The number of halogens is 2. The predicted octanol–water partition coefficient (Wildman–Crippen LogP) is 2.92. The number of nitrogens with zero attached hydrogens (tertiary/aromatic N) is 1. The standard InChI is InChI=1S/C13H14BrFN2O3/c1-7-9(12(18)19)4-5-17(7)13(20)16-11-3-2-8(15)6-10(11)14/h2-3,6-7,9H,4-5H2,1H3,(H,16,20)(H,18,19). The summed E-state index contributed by atoms with van der Waals surface area (Å²) in [6, 6.07) is 3.20. The lowest BCUT2D eigenvalue weighted by Gasteiger charge is -2.23. The molecule has 0 saturated carbocycles. The minimum atomic E-state index is -0.893. The minimum Gasteiger partial charge on any atom is -0.481 e. The Hall–Kier alpha value is -1.63. The van der Waals surface area contributed by atoms with Crippen molar-refractivity contribution in [2.24, 2.45) is 5.92 Å². The lowest BCUT2D eigenvalue weighted by molar-refractivity contribution is -0.142. The van der Waals surface area contributed by atoms with Crippen molar-refractivity contribution in [3.05, 3.63) is 28.5 Å². The number of benzene rings is 1. The molecule has 108 valence electrons. The molecule has 0 aromatic heterocycles. The Bertz CT molecular complexity index is 552. The van der Waals surface area contributed by atoms with Crippen LogP contribution in [0.3, 0.4) is 0 Å². The number of likely N-dealkylation sites (tertiary alicyclic amines) is 1. The number of amides is 2. The van der Waals surface area contributed by atoms with E-state index in [1.54, 1.807) is 6.92 Å². The van der Waals surface area contributed by atoms with Crippen molar-refractivity contribution in [1.82, 2.24) is 4.90 Å². The Kier molecular flexibility index (Phi) is 4.27. The molecule has 2 unspecified atom stereocenters. The molecule has 0 radical (unpaired) electrons. The highest BCUT2D eigenvalue weighted by Crippen LogP contribution is 2.27. The zero-order valence-electron chi connectivity index (χ0n) is 10.8. The molecule has 5 nitrogen and oxygen atoms in total. The molecule has 2 rings (SSSR count). The quantitative estimate of drug-likeness (QED) is 0.866. The Morgan fingerprint density at radius 2 is 2.20 bits per heavy atom. The van der Waals surface area contributed by atoms with Gasteiger partial charge in [0.15, 0.2) is 0 Å². The minimum absolute atomic E-state index is 0.369. The molecule has 1 fully saturated rings. The summed E-state index contributed by atoms with van der Waals surface area (Å²) in [4.78, 5) is 24.6. The highest BCUT2D eigenvalue weighted by molar-refractivity contribution is 9.10. The van der Waals surface area contributed by atoms with Gasteiger partial charge in [0.1, 0.15) is 5.82 Å². The van der Waals surface area contributed by atoms with Gasteiger partial charge in [0.2, 0.25) is 0 Å². The normalized spacial score (nSPS) is 21.9. The molecule has 7 heteroatoms. The van der Waals surface area contributed by atoms with Crippen molar-refractivity contribution < 1.29 is 19.1 Å². The van der Waals surface area contributed by atoms with Gasteiger partial charge in [-0.1, -0.05) is 0 Å². The van der Waals surface area contributed by atoms with Crippen LogP contribution in [0.1, 0.15) is 13.3 Å². The Labute approximate surface area is 123 Å². The summed E-state index contributed by atoms with van der Waals surface area (Å²) >= 11 is 3.17. The van der Waals surface area contributed by atoms with Crippen LogP contribution in [0.4, 0.5) is 14.9 Å². The molecule has 1 aromatic carbocycles. The Balaban J connectivity index is 2.07. The third kappa shape index (κ3) is 2.92. The van der Waals surface area contributed by atoms with Gasteiger partial charge in [0.25, 0.3) is 0 Å². The maximum atomic E-state index is 13.0. The molecule has 2 atom stereocenters. The molecule has 2 amide bonds. The first-order chi connectivity index (χ1) is 9.40. The van der Waals surface area contributed by atoms with E-state index < -0.39 is 17.7 Å². The lowest BCUT2D eigenvalue weighted by atomic mass is 10.0. The fourth-order valence-corrected chi connectivity index (χ4v) is 2.78. The van der Waals surface area contributed by atoms with Gasteiger partial charge in [-0.25, -0.2) is 9.18 Å². The van der Waals surface area contributed by atoms with E-state index in [-0.39, 0.29) is 12.1 Å². The van der Waals surface area contributed by atoms with E-state index in [1.165, 1.54) is 23.1 Å². The van der Waals surface area contributed by atoms with Crippen molar-refractivity contribution in [3.8, 4) is 0 Å². The summed E-state index contributed by atoms with van der Waals surface area (Å²) in [6.07, 6.45) is 0.439. The number of urea groups is 1. The van der Waals surface area contributed by atoms with Crippen molar-refractivity contribution >= 4 is 33.6 Å². The third-order valence-corrected chi connectivity index (χ3v) is 4.16. The summed E-state index contributed by atoms with van der Waals surface area (Å²) in [5.74, 6) is -1.84. The number of carbonyl (C=O) groups excluding carboxylic acids is 1. The second-order valence-corrected chi connectivity index (χ2v) is 5.58. The van der Waals surface area contributed by atoms with Crippen LogP contribution in [0.15, 0.2) is 22.7 Å². The first-order valence-electron chi connectivity index (χ1n) is 6.15. The van der Waals surface area contributed by atoms with Gasteiger partial charge in [-0.05, 0) is 47.5 Å². The molecule has 1 aromatic rings. The summed E-state index contributed by atoms with van der Waals surface area (Å²) < 4.78 is 13.4. The number of nitrogens with one attached hydrogen (secondary N) is 1. The molecule has 1 aliphatic heterocycles. The number of carbonyl (C=O) groups is 2. The van der Waals surface area contributed by atoms with Crippen LogP contribution < -0.4 is 5.32 Å². The van der Waals surface area contributed by atoms with Gasteiger partial charge < -0.3 is 15.3 Å². The zero-order chi connectivity index (χ0) is 14.9. The first-order valence-corrected chi connectivity index (χ1v) is 6.95. The second-order valence-electron chi connectivity index (χ2n) is 4.72. The molecule has 2 N–H and O–H groups in total. The predicted molar refractivity (Wildman–Crippen MR) is 75.0 cm³/mol. The number of rotatable bonds is 2. The summed E-state index contributed by atoms with van der Waals surface area (Å²) in [5, 5.41) is 11.7. The van der Waals surface area contributed by atoms with Gasteiger partial charge in [-0.2, -0.15) is 0 Å². The number of carboxylic acid groups (broad SMARTS) is 1. The summed E-state index contributed by atoms with van der Waals surface area (Å²) in [6.45, 7) is 2.11. The van der Waals surface area contributed by atoms with Crippen molar-refractivity contribution in [2.45, 2.75) is 19.4 Å². The van der Waals surface area contributed by atoms with Crippen LogP contribution in [-0.2, 0) is 4.79 Å². The molecule has 0 aliphatic carbocycles. The van der Waals surface area contributed by atoms with E-state index in [0.29, 0.717) is 23.1 Å². The van der Waals surface area contributed by atoms with Gasteiger partial charge in [0.05, 0.1) is 11.6 Å². The van der Waals surface area contributed by atoms with E-state index in [2.05, 4.69) is 21.2 Å². The van der Waals surface area contributed by atoms with E-state index >= 15 is 0 Å². The van der Waals surface area contributed by atoms with Crippen LogP contribution in [0.2, 0.25) is 0 Å². The summed E-state index contributed by atoms with van der Waals surface area (Å²) in [7, 11) is 0. The fraction of sp³-hybridized carbons (Fsp3) is 0.385. The van der Waals surface area contributed by atoms with Gasteiger partial charge in [-0.15, -0.1) is 0 Å². The van der Waals surface area contributed by atoms with E-state index in [4.69, 9.17) is 5.11 Å².